The zero-order valence-corrected chi connectivity index (χ0v) is 12.5. The summed E-state index contributed by atoms with van der Waals surface area (Å²) < 4.78 is 10.3. The Hall–Kier alpha value is -1.98. The maximum absolute atomic E-state index is 12.0. The van der Waals surface area contributed by atoms with E-state index in [0.717, 1.165) is 16.9 Å². The molecule has 0 saturated heterocycles. The summed E-state index contributed by atoms with van der Waals surface area (Å²) in [5, 5.41) is 0. The summed E-state index contributed by atoms with van der Waals surface area (Å²) in [6, 6.07) is 12.9. The van der Waals surface area contributed by atoms with Crippen LogP contribution in [0.4, 0.5) is 0 Å². The lowest BCUT2D eigenvalue weighted by Gasteiger charge is -2.02. The molecule has 0 aliphatic carbocycles. The number of carbonyl (C=O) groups excluding carboxylic acids is 2. The van der Waals surface area contributed by atoms with Crippen LogP contribution in [0.2, 0.25) is 0 Å². The van der Waals surface area contributed by atoms with Crippen LogP contribution in [0.1, 0.15) is 31.8 Å². The van der Waals surface area contributed by atoms with Gasteiger partial charge in [0.05, 0.1) is 18.1 Å². The molecule has 2 aromatic rings. The summed E-state index contributed by atoms with van der Waals surface area (Å²) in [5.74, 6) is -0.529. The molecule has 0 spiro atoms. The lowest BCUT2D eigenvalue weighted by molar-refractivity contribution is 0.0532. The summed E-state index contributed by atoms with van der Waals surface area (Å²) in [5.41, 5.74) is 1.02. The Kier molecular flexibility index (Phi) is 5.66. The molecule has 0 radical (unpaired) electrons. The van der Waals surface area contributed by atoms with Crippen molar-refractivity contribution in [3.05, 3.63) is 57.8 Å². The van der Waals surface area contributed by atoms with Crippen molar-refractivity contribution in [2.24, 2.45) is 0 Å². The third-order valence-corrected chi connectivity index (χ3v) is 3.81. The van der Waals surface area contributed by atoms with E-state index >= 15 is 0 Å². The van der Waals surface area contributed by atoms with E-state index in [1.165, 1.54) is 0 Å². The number of hydrogen-bond donors (Lipinski definition) is 0. The number of benzene rings is 1. The molecule has 0 N–H and O–H groups in total. The number of carbonyl (C=O) groups is 2. The molecule has 5 heteroatoms. The minimum Gasteiger partial charge on any atom is -0.462 e. The summed E-state index contributed by atoms with van der Waals surface area (Å²) in [6.45, 7) is 2.45. The number of hydrogen-bond acceptors (Lipinski definition) is 5. The smallest absolute Gasteiger partial charge is 0.348 e. The molecule has 21 heavy (non-hydrogen) atoms. The molecule has 2 rings (SSSR count). The van der Waals surface area contributed by atoms with E-state index in [0.29, 0.717) is 23.0 Å². The second-order valence-electron chi connectivity index (χ2n) is 4.29. The zero-order valence-electron chi connectivity index (χ0n) is 11.7. The second-order valence-corrected chi connectivity index (χ2v) is 5.37. The average molecular weight is 304 g/mol. The lowest BCUT2D eigenvalue weighted by atomic mass is 10.2. The van der Waals surface area contributed by atoms with Crippen molar-refractivity contribution in [2.75, 3.05) is 13.2 Å². The van der Waals surface area contributed by atoms with Gasteiger partial charge in [0, 0.05) is 0 Å². The van der Waals surface area contributed by atoms with Gasteiger partial charge < -0.3 is 9.47 Å². The molecule has 0 atom stereocenters. The predicted octanol–water partition coefficient (Wildman–Crippen LogP) is 3.32. The van der Waals surface area contributed by atoms with Gasteiger partial charge in [-0.05, 0) is 24.6 Å². The van der Waals surface area contributed by atoms with Gasteiger partial charge in [-0.15, -0.1) is 11.3 Å². The molecule has 4 nitrogen and oxygen atoms in total. The van der Waals surface area contributed by atoms with Crippen LogP contribution in [0.25, 0.3) is 0 Å². The molecule has 1 heterocycles. The summed E-state index contributed by atoms with van der Waals surface area (Å²) in [6.07, 6.45) is 0. The SMILES string of the molecule is CCOC(=O)c1ccc(C(=O)COCc2ccccc2)s1. The summed E-state index contributed by atoms with van der Waals surface area (Å²) in [7, 11) is 0. The first-order valence-electron chi connectivity index (χ1n) is 6.62. The van der Waals surface area contributed by atoms with Gasteiger partial charge in [-0.1, -0.05) is 30.3 Å². The Balaban J connectivity index is 1.85. The van der Waals surface area contributed by atoms with Crippen LogP contribution in [0.3, 0.4) is 0 Å². The Bertz CT molecular complexity index is 604. The third kappa shape index (κ3) is 4.51. The fourth-order valence-electron chi connectivity index (χ4n) is 1.71. The number of rotatable bonds is 7. The van der Waals surface area contributed by atoms with E-state index < -0.39 is 5.97 Å². The van der Waals surface area contributed by atoms with Crippen molar-refractivity contribution < 1.29 is 19.1 Å². The Morgan fingerprint density at radius 2 is 1.76 bits per heavy atom. The minimum absolute atomic E-state index is 0.00231. The van der Waals surface area contributed by atoms with Crippen LogP contribution in [-0.2, 0) is 16.1 Å². The molecule has 0 aliphatic heterocycles. The van der Waals surface area contributed by atoms with E-state index in [4.69, 9.17) is 9.47 Å². The lowest BCUT2D eigenvalue weighted by Crippen LogP contribution is -2.07. The predicted molar refractivity (Wildman–Crippen MR) is 80.7 cm³/mol. The van der Waals surface area contributed by atoms with Crippen LogP contribution in [-0.4, -0.2) is 25.0 Å². The van der Waals surface area contributed by atoms with Crippen molar-refractivity contribution >= 4 is 23.1 Å². The van der Waals surface area contributed by atoms with E-state index in [9.17, 15) is 9.59 Å². The fraction of sp³-hybridized carbons (Fsp3) is 0.250. The normalized spacial score (nSPS) is 10.3. The maximum Gasteiger partial charge on any atom is 0.348 e. The molecule has 0 amide bonds. The Morgan fingerprint density at radius 3 is 2.48 bits per heavy atom. The number of ether oxygens (including phenoxy) is 2. The highest BCUT2D eigenvalue weighted by Crippen LogP contribution is 2.18. The van der Waals surface area contributed by atoms with Crippen LogP contribution >= 0.6 is 11.3 Å². The first-order chi connectivity index (χ1) is 10.2. The van der Waals surface area contributed by atoms with E-state index in [1.807, 2.05) is 30.3 Å². The van der Waals surface area contributed by atoms with E-state index in [1.54, 1.807) is 19.1 Å². The molecule has 0 aliphatic rings. The highest BCUT2D eigenvalue weighted by atomic mass is 32.1. The molecular weight excluding hydrogens is 288 g/mol. The van der Waals surface area contributed by atoms with Gasteiger partial charge in [0.15, 0.2) is 5.78 Å². The third-order valence-electron chi connectivity index (χ3n) is 2.70. The molecule has 1 aromatic heterocycles. The molecule has 0 saturated carbocycles. The highest BCUT2D eigenvalue weighted by molar-refractivity contribution is 7.15. The molecule has 110 valence electrons. The monoisotopic (exact) mass is 304 g/mol. The number of ketones is 1. The van der Waals surface area contributed by atoms with Gasteiger partial charge in [0.2, 0.25) is 0 Å². The van der Waals surface area contributed by atoms with Gasteiger partial charge in [-0.2, -0.15) is 0 Å². The molecule has 0 fully saturated rings. The van der Waals surface area contributed by atoms with Gasteiger partial charge in [0.1, 0.15) is 11.5 Å². The standard InChI is InChI=1S/C16H16O4S/c1-2-20-16(18)15-9-8-14(21-15)13(17)11-19-10-12-6-4-3-5-7-12/h3-9H,2,10-11H2,1H3. The Morgan fingerprint density at radius 1 is 1.05 bits per heavy atom. The van der Waals surface area contributed by atoms with Crippen molar-refractivity contribution in [3.63, 3.8) is 0 Å². The molecular formula is C16H16O4S. The largest absolute Gasteiger partial charge is 0.462 e. The summed E-state index contributed by atoms with van der Waals surface area (Å²) >= 11 is 1.13. The van der Waals surface area contributed by atoms with Crippen molar-refractivity contribution in [1.29, 1.82) is 0 Å². The number of thiophene rings is 1. The molecule has 0 bridgehead atoms. The van der Waals surface area contributed by atoms with Gasteiger partial charge >= 0.3 is 5.97 Å². The fourth-order valence-corrected chi connectivity index (χ4v) is 2.53. The second kappa shape index (κ2) is 7.71. The number of Topliss-reactive ketones (excluding diaryl/α,β-unsaturated/α-hetero) is 1. The van der Waals surface area contributed by atoms with Crippen LogP contribution < -0.4 is 0 Å². The highest BCUT2D eigenvalue weighted by Gasteiger charge is 2.14. The topological polar surface area (TPSA) is 52.6 Å². The quantitative estimate of drug-likeness (QED) is 0.581. The zero-order chi connectivity index (χ0) is 15.1. The van der Waals surface area contributed by atoms with Gasteiger partial charge in [-0.3, -0.25) is 4.79 Å². The van der Waals surface area contributed by atoms with E-state index in [2.05, 4.69) is 0 Å². The first kappa shape index (κ1) is 15.4. The van der Waals surface area contributed by atoms with Crippen molar-refractivity contribution in [3.8, 4) is 0 Å². The molecule has 1 aromatic carbocycles. The number of esters is 1. The molecule has 0 unspecified atom stereocenters. The maximum atomic E-state index is 12.0. The van der Waals surface area contributed by atoms with Gasteiger partial charge in [-0.25, -0.2) is 4.79 Å². The van der Waals surface area contributed by atoms with Crippen LogP contribution in [0.5, 0.6) is 0 Å². The van der Waals surface area contributed by atoms with Crippen LogP contribution in [0.15, 0.2) is 42.5 Å². The van der Waals surface area contributed by atoms with Crippen LogP contribution in [0, 0.1) is 0 Å². The summed E-state index contributed by atoms with van der Waals surface area (Å²) in [4.78, 5) is 24.4. The average Bonchev–Trinajstić information content (AvgIpc) is 2.98. The van der Waals surface area contributed by atoms with Gasteiger partial charge in [0.25, 0.3) is 0 Å². The van der Waals surface area contributed by atoms with E-state index in [-0.39, 0.29) is 12.4 Å². The first-order valence-corrected chi connectivity index (χ1v) is 7.44. The van der Waals surface area contributed by atoms with Crippen molar-refractivity contribution in [2.45, 2.75) is 13.5 Å². The minimum atomic E-state index is -0.397. The van der Waals surface area contributed by atoms with Crippen molar-refractivity contribution in [1.82, 2.24) is 0 Å². The Labute approximate surface area is 127 Å².